The molecule has 168 valence electrons. The van der Waals surface area contributed by atoms with E-state index in [1.807, 2.05) is 38.1 Å². The number of aryl methyl sites for hydroxylation is 1. The van der Waals surface area contributed by atoms with Crippen molar-refractivity contribution in [3.05, 3.63) is 95.4 Å². The van der Waals surface area contributed by atoms with E-state index >= 15 is 0 Å². The smallest absolute Gasteiger partial charge is 0.282 e. The zero-order valence-electron chi connectivity index (χ0n) is 18.8. The van der Waals surface area contributed by atoms with E-state index in [9.17, 15) is 14.0 Å². The van der Waals surface area contributed by atoms with Crippen LogP contribution in [0.25, 0.3) is 5.57 Å². The summed E-state index contributed by atoms with van der Waals surface area (Å²) in [6.07, 6.45) is 0.903. The minimum absolute atomic E-state index is 0.0107. The Labute approximate surface area is 192 Å². The summed E-state index contributed by atoms with van der Waals surface area (Å²) < 4.78 is 19.6. The van der Waals surface area contributed by atoms with Gasteiger partial charge in [0.1, 0.15) is 17.3 Å². The van der Waals surface area contributed by atoms with Crippen molar-refractivity contribution in [3.8, 4) is 5.75 Å². The van der Waals surface area contributed by atoms with Gasteiger partial charge in [-0.3, -0.25) is 9.59 Å². The molecule has 1 N–H and O–H groups in total. The van der Waals surface area contributed by atoms with Gasteiger partial charge in [-0.25, -0.2) is 9.29 Å². The van der Waals surface area contributed by atoms with Crippen LogP contribution < -0.4 is 15.0 Å². The fraction of sp³-hybridized carbons (Fsp3) is 0.185. The topological polar surface area (TPSA) is 58.6 Å². The molecule has 5 nitrogen and oxygen atoms in total. The summed E-state index contributed by atoms with van der Waals surface area (Å²) in [7, 11) is 0. The number of carbonyl (C=O) groups excluding carboxylic acids is 2. The van der Waals surface area contributed by atoms with E-state index in [0.29, 0.717) is 17.0 Å². The third kappa shape index (κ3) is 4.65. The predicted molar refractivity (Wildman–Crippen MR) is 127 cm³/mol. The maximum atomic E-state index is 13.9. The average molecular weight is 445 g/mol. The highest BCUT2D eigenvalue weighted by Crippen LogP contribution is 2.34. The maximum absolute atomic E-state index is 13.9. The van der Waals surface area contributed by atoms with Crippen LogP contribution in [0.5, 0.6) is 5.75 Å². The second-order valence-electron chi connectivity index (χ2n) is 8.04. The molecule has 33 heavy (non-hydrogen) atoms. The van der Waals surface area contributed by atoms with E-state index in [0.717, 1.165) is 16.9 Å². The van der Waals surface area contributed by atoms with E-state index in [2.05, 4.69) is 12.2 Å². The molecule has 0 bridgehead atoms. The largest absolute Gasteiger partial charge is 0.491 e. The molecule has 0 saturated heterocycles. The predicted octanol–water partition coefficient (Wildman–Crippen LogP) is 5.57. The fourth-order valence-electron chi connectivity index (χ4n) is 3.70. The summed E-state index contributed by atoms with van der Waals surface area (Å²) in [5.41, 5.74) is 2.95. The molecule has 0 fully saturated rings. The first-order valence-corrected chi connectivity index (χ1v) is 10.9. The summed E-state index contributed by atoms with van der Waals surface area (Å²) in [5, 5.41) is 3.12. The number of rotatable bonds is 7. The van der Waals surface area contributed by atoms with E-state index < -0.39 is 17.6 Å². The van der Waals surface area contributed by atoms with Gasteiger partial charge in [0.05, 0.1) is 17.4 Å². The Bertz CT molecular complexity index is 1210. The van der Waals surface area contributed by atoms with Crippen molar-refractivity contribution in [2.75, 3.05) is 10.2 Å². The molecule has 0 aromatic heterocycles. The molecule has 1 heterocycles. The van der Waals surface area contributed by atoms with Crippen LogP contribution in [-0.2, 0) is 16.0 Å². The summed E-state index contributed by atoms with van der Waals surface area (Å²) in [6, 6.07) is 20.1. The Morgan fingerprint density at radius 1 is 0.939 bits per heavy atom. The molecule has 0 spiro atoms. The van der Waals surface area contributed by atoms with Crippen LogP contribution in [0.4, 0.5) is 15.8 Å². The van der Waals surface area contributed by atoms with Gasteiger partial charge in [0.2, 0.25) is 0 Å². The number of hydrogen-bond acceptors (Lipinski definition) is 4. The standard InChI is InChI=1S/C27H25FN2O3/c1-4-18-8-12-21(13-9-18)29-25-24(19-10-14-23(15-11-19)33-17(2)3)26(31)30(27(25)32)22-7-5-6-20(28)16-22/h5-17,29H,4H2,1-3H3. The zero-order chi connectivity index (χ0) is 23.5. The first-order valence-electron chi connectivity index (χ1n) is 10.9. The van der Waals surface area contributed by atoms with Crippen LogP contribution in [0, 0.1) is 5.82 Å². The minimum Gasteiger partial charge on any atom is -0.491 e. The number of nitrogens with zero attached hydrogens (tertiary/aromatic N) is 1. The molecule has 3 aromatic rings. The Kier molecular flexibility index (Phi) is 6.27. The number of imide groups is 1. The van der Waals surface area contributed by atoms with Gasteiger partial charge < -0.3 is 10.1 Å². The number of hydrogen-bond donors (Lipinski definition) is 1. The molecule has 2 amide bonds. The van der Waals surface area contributed by atoms with Crippen molar-refractivity contribution in [1.29, 1.82) is 0 Å². The molecule has 0 atom stereocenters. The SMILES string of the molecule is CCc1ccc(NC2=C(c3ccc(OC(C)C)cc3)C(=O)N(c3cccc(F)c3)C2=O)cc1. The van der Waals surface area contributed by atoms with Gasteiger partial charge in [-0.2, -0.15) is 0 Å². The van der Waals surface area contributed by atoms with Gasteiger partial charge in [-0.1, -0.05) is 37.3 Å². The van der Waals surface area contributed by atoms with Crippen molar-refractivity contribution in [3.63, 3.8) is 0 Å². The lowest BCUT2D eigenvalue weighted by Crippen LogP contribution is -2.32. The van der Waals surface area contributed by atoms with Crippen LogP contribution >= 0.6 is 0 Å². The number of amides is 2. The van der Waals surface area contributed by atoms with Gasteiger partial charge in [0, 0.05) is 5.69 Å². The average Bonchev–Trinajstić information content (AvgIpc) is 3.04. The molecule has 1 aliphatic rings. The van der Waals surface area contributed by atoms with E-state index in [-0.39, 0.29) is 23.1 Å². The molecule has 0 unspecified atom stereocenters. The second kappa shape index (κ2) is 9.28. The molecule has 0 aliphatic carbocycles. The summed E-state index contributed by atoms with van der Waals surface area (Å²) >= 11 is 0. The van der Waals surface area contributed by atoms with Crippen LogP contribution in [0.3, 0.4) is 0 Å². The quantitative estimate of drug-likeness (QED) is 0.484. The molecule has 6 heteroatoms. The number of anilines is 2. The second-order valence-corrected chi connectivity index (χ2v) is 8.04. The van der Waals surface area contributed by atoms with E-state index in [4.69, 9.17) is 4.74 Å². The van der Waals surface area contributed by atoms with Gasteiger partial charge >= 0.3 is 0 Å². The molecular weight excluding hydrogens is 419 g/mol. The monoisotopic (exact) mass is 444 g/mol. The van der Waals surface area contributed by atoms with Crippen LogP contribution in [0.2, 0.25) is 0 Å². The summed E-state index contributed by atoms with van der Waals surface area (Å²) in [5.74, 6) is -0.919. The molecule has 3 aromatic carbocycles. The van der Waals surface area contributed by atoms with Crippen molar-refractivity contribution in [2.24, 2.45) is 0 Å². The van der Waals surface area contributed by atoms with E-state index in [1.54, 1.807) is 24.3 Å². The molecular formula is C27H25FN2O3. The molecule has 0 saturated carbocycles. The fourth-order valence-corrected chi connectivity index (χ4v) is 3.70. The number of carbonyl (C=O) groups is 2. The Morgan fingerprint density at radius 3 is 2.24 bits per heavy atom. The van der Waals surface area contributed by atoms with Crippen LogP contribution in [0.1, 0.15) is 31.9 Å². The highest BCUT2D eigenvalue weighted by atomic mass is 19.1. The number of ether oxygens (including phenoxy) is 1. The molecule has 0 radical (unpaired) electrons. The third-order valence-electron chi connectivity index (χ3n) is 5.30. The van der Waals surface area contributed by atoms with Crippen molar-refractivity contribution in [2.45, 2.75) is 33.3 Å². The molecule has 1 aliphatic heterocycles. The minimum atomic E-state index is -0.539. The number of halogens is 1. The summed E-state index contributed by atoms with van der Waals surface area (Å²) in [4.78, 5) is 27.8. The summed E-state index contributed by atoms with van der Waals surface area (Å²) in [6.45, 7) is 5.92. The Balaban J connectivity index is 1.76. The number of benzene rings is 3. The van der Waals surface area contributed by atoms with Gasteiger partial charge in [-0.15, -0.1) is 0 Å². The third-order valence-corrected chi connectivity index (χ3v) is 5.30. The van der Waals surface area contributed by atoms with Crippen molar-refractivity contribution >= 4 is 28.8 Å². The highest BCUT2D eigenvalue weighted by Gasteiger charge is 2.40. The lowest BCUT2D eigenvalue weighted by Gasteiger charge is -2.15. The van der Waals surface area contributed by atoms with Gasteiger partial charge in [0.15, 0.2) is 0 Å². The molecule has 4 rings (SSSR count). The maximum Gasteiger partial charge on any atom is 0.282 e. The highest BCUT2D eigenvalue weighted by molar-refractivity contribution is 6.46. The van der Waals surface area contributed by atoms with Crippen LogP contribution in [-0.4, -0.2) is 17.9 Å². The van der Waals surface area contributed by atoms with E-state index in [1.165, 1.54) is 24.3 Å². The Morgan fingerprint density at radius 2 is 1.64 bits per heavy atom. The van der Waals surface area contributed by atoms with Crippen molar-refractivity contribution in [1.82, 2.24) is 0 Å². The lowest BCUT2D eigenvalue weighted by atomic mass is 10.0. The van der Waals surface area contributed by atoms with Gasteiger partial charge in [-0.05, 0) is 73.9 Å². The van der Waals surface area contributed by atoms with Crippen molar-refractivity contribution < 1.29 is 18.7 Å². The first-order chi connectivity index (χ1) is 15.9. The number of nitrogens with one attached hydrogen (secondary N) is 1. The lowest BCUT2D eigenvalue weighted by molar-refractivity contribution is -0.120. The van der Waals surface area contributed by atoms with Crippen LogP contribution in [0.15, 0.2) is 78.5 Å². The zero-order valence-corrected chi connectivity index (χ0v) is 18.8. The Hall–Kier alpha value is -3.93. The van der Waals surface area contributed by atoms with Gasteiger partial charge in [0.25, 0.3) is 11.8 Å². The normalized spacial score (nSPS) is 13.8. The first kappa shape index (κ1) is 22.3.